The van der Waals surface area contributed by atoms with Crippen molar-refractivity contribution >= 4 is 11.8 Å². The predicted molar refractivity (Wildman–Crippen MR) is 92.7 cm³/mol. The average molecular weight is 314 g/mol. The van der Waals surface area contributed by atoms with Crippen molar-refractivity contribution < 1.29 is 14.1 Å². The van der Waals surface area contributed by atoms with Crippen LogP contribution in [-0.4, -0.2) is 42.5 Å². The molecule has 4 nitrogen and oxygen atoms in total. The van der Waals surface area contributed by atoms with Crippen LogP contribution in [0.5, 0.6) is 0 Å². The summed E-state index contributed by atoms with van der Waals surface area (Å²) in [7, 11) is 3.86. The van der Waals surface area contributed by atoms with Crippen LogP contribution in [0.1, 0.15) is 68.2 Å². The Balaban J connectivity index is 4.98. The van der Waals surface area contributed by atoms with Gasteiger partial charge in [0, 0.05) is 22.8 Å². The zero-order valence-electron chi connectivity index (χ0n) is 16.4. The zero-order chi connectivity index (χ0) is 18.0. The molecule has 0 aromatic heterocycles. The summed E-state index contributed by atoms with van der Waals surface area (Å²) in [5.41, 5.74) is -0.770. The number of rotatable bonds is 6. The average Bonchev–Trinajstić information content (AvgIpc) is 2.21. The van der Waals surface area contributed by atoms with Gasteiger partial charge in [-0.25, -0.2) is 9.28 Å². The Morgan fingerprint density at radius 2 is 1.41 bits per heavy atom. The maximum atomic E-state index is 12.7. The largest absolute Gasteiger partial charge is 0.416 e. The van der Waals surface area contributed by atoms with Crippen molar-refractivity contribution in [2.45, 2.75) is 73.8 Å². The summed E-state index contributed by atoms with van der Waals surface area (Å²) in [6, 6.07) is -0.000303. The highest BCUT2D eigenvalue weighted by Crippen LogP contribution is 2.30. The molecule has 0 atom stereocenters. The van der Waals surface area contributed by atoms with Crippen LogP contribution in [0, 0.1) is 10.8 Å². The molecule has 0 fully saturated rings. The number of Topliss-reactive ketones (excluding diaryl/α,β-unsaturated/α-hetero) is 1. The Morgan fingerprint density at radius 1 is 0.955 bits per heavy atom. The van der Waals surface area contributed by atoms with E-state index in [-0.39, 0.29) is 21.7 Å². The van der Waals surface area contributed by atoms with Crippen LogP contribution in [0.4, 0.5) is 4.79 Å². The number of urea groups is 1. The van der Waals surface area contributed by atoms with Crippen molar-refractivity contribution in [1.82, 2.24) is 5.32 Å². The Bertz CT molecular complexity index is 415. The highest BCUT2D eigenvalue weighted by atomic mass is 16.2. The van der Waals surface area contributed by atoms with Gasteiger partial charge in [0.25, 0.3) is 0 Å². The second-order valence-electron chi connectivity index (χ2n) is 9.56. The van der Waals surface area contributed by atoms with E-state index >= 15 is 0 Å². The molecule has 0 rings (SSSR count). The molecule has 0 spiro atoms. The predicted octanol–water partition coefficient (Wildman–Crippen LogP) is 3.99. The van der Waals surface area contributed by atoms with Crippen LogP contribution in [0.25, 0.3) is 0 Å². The molecule has 1 N–H and O–H groups in total. The summed E-state index contributed by atoms with van der Waals surface area (Å²) in [5.74, 6) is 0.235. The van der Waals surface area contributed by atoms with Crippen molar-refractivity contribution in [3.05, 3.63) is 0 Å². The number of carbonyl (C=O) groups is 2. The van der Waals surface area contributed by atoms with E-state index < -0.39 is 11.0 Å². The smallest absolute Gasteiger partial charge is 0.301 e. The lowest BCUT2D eigenvalue weighted by Crippen LogP contribution is -2.60. The van der Waals surface area contributed by atoms with Gasteiger partial charge in [0.15, 0.2) is 0 Å². The molecule has 0 radical (unpaired) electrons. The van der Waals surface area contributed by atoms with E-state index in [9.17, 15) is 9.59 Å². The van der Waals surface area contributed by atoms with E-state index in [2.05, 4.69) is 26.1 Å². The third kappa shape index (κ3) is 6.91. The Hall–Kier alpha value is -0.900. The number of amides is 2. The van der Waals surface area contributed by atoms with Gasteiger partial charge in [-0.1, -0.05) is 41.5 Å². The second kappa shape index (κ2) is 6.69. The summed E-state index contributed by atoms with van der Waals surface area (Å²) < 4.78 is 0.287. The lowest BCUT2D eigenvalue weighted by molar-refractivity contribution is -0.816. The lowest BCUT2D eigenvalue weighted by atomic mass is 9.76. The number of nitrogens with zero attached hydrogens (tertiary/aromatic N) is 1. The second-order valence-corrected chi connectivity index (χ2v) is 9.56. The van der Waals surface area contributed by atoms with Gasteiger partial charge < -0.3 is 5.32 Å². The standard InChI is InChI=1S/C18H36N2O2/c1-11-14(21)17(5,6)12-18(7,8)19-15(22)20(9,10)13-16(2,3)4/h11-13H2,1-10H3/p+1. The van der Waals surface area contributed by atoms with Crippen molar-refractivity contribution in [1.29, 1.82) is 0 Å². The van der Waals surface area contributed by atoms with Gasteiger partial charge in [-0.2, -0.15) is 0 Å². The first-order chi connectivity index (χ1) is 9.52. The fraction of sp³-hybridized carbons (Fsp3) is 0.889. The number of hydrogen-bond acceptors (Lipinski definition) is 2. The molecule has 0 aromatic carbocycles. The summed E-state index contributed by atoms with van der Waals surface area (Å²) in [5, 5.41) is 3.14. The first-order valence-corrected chi connectivity index (χ1v) is 8.21. The van der Waals surface area contributed by atoms with E-state index in [1.54, 1.807) is 0 Å². The number of quaternary nitrogens is 1. The molecule has 0 bridgehead atoms. The van der Waals surface area contributed by atoms with Crippen LogP contribution in [0.15, 0.2) is 0 Å². The third-order valence-corrected chi connectivity index (χ3v) is 3.82. The van der Waals surface area contributed by atoms with Gasteiger partial charge in [0.1, 0.15) is 5.78 Å². The number of ketones is 1. The topological polar surface area (TPSA) is 46.2 Å². The van der Waals surface area contributed by atoms with E-state index in [4.69, 9.17) is 0 Å². The van der Waals surface area contributed by atoms with E-state index in [0.29, 0.717) is 12.8 Å². The van der Waals surface area contributed by atoms with E-state index in [1.165, 1.54) is 0 Å². The monoisotopic (exact) mass is 313 g/mol. The fourth-order valence-corrected chi connectivity index (χ4v) is 3.42. The zero-order valence-corrected chi connectivity index (χ0v) is 16.4. The van der Waals surface area contributed by atoms with Crippen LogP contribution >= 0.6 is 0 Å². The molecule has 0 heterocycles. The van der Waals surface area contributed by atoms with Gasteiger partial charge in [-0.3, -0.25) is 4.79 Å². The van der Waals surface area contributed by atoms with Crippen LogP contribution in [0.2, 0.25) is 0 Å². The van der Waals surface area contributed by atoms with E-state index in [0.717, 1.165) is 6.54 Å². The number of carbonyl (C=O) groups excluding carboxylic acids is 2. The SMILES string of the molecule is CCC(=O)C(C)(C)CC(C)(C)NC(=O)[N+](C)(C)CC(C)(C)C. The first kappa shape index (κ1) is 21.1. The van der Waals surface area contributed by atoms with Crippen molar-refractivity contribution in [3.8, 4) is 0 Å². The molecular weight excluding hydrogens is 276 g/mol. The van der Waals surface area contributed by atoms with Crippen LogP contribution in [0.3, 0.4) is 0 Å². The summed E-state index contributed by atoms with van der Waals surface area (Å²) >= 11 is 0. The van der Waals surface area contributed by atoms with Crippen molar-refractivity contribution in [2.75, 3.05) is 20.6 Å². The normalized spacial score (nSPS) is 13.9. The van der Waals surface area contributed by atoms with Gasteiger partial charge in [-0.15, -0.1) is 0 Å². The summed E-state index contributed by atoms with van der Waals surface area (Å²) in [6.07, 6.45) is 1.16. The Morgan fingerprint density at radius 3 is 1.77 bits per heavy atom. The molecule has 2 amide bonds. The van der Waals surface area contributed by atoms with Gasteiger partial charge >= 0.3 is 6.03 Å². The van der Waals surface area contributed by atoms with Gasteiger partial charge in [0.05, 0.1) is 20.6 Å². The fourth-order valence-electron chi connectivity index (χ4n) is 3.42. The number of hydrogen-bond donors (Lipinski definition) is 1. The highest BCUT2D eigenvalue weighted by Gasteiger charge is 2.39. The first-order valence-electron chi connectivity index (χ1n) is 8.21. The lowest BCUT2D eigenvalue weighted by Gasteiger charge is -2.38. The molecule has 0 aromatic rings. The molecule has 0 unspecified atom stereocenters. The summed E-state index contributed by atoms with van der Waals surface area (Å²) in [6.45, 7) is 17.0. The van der Waals surface area contributed by atoms with E-state index in [1.807, 2.05) is 48.7 Å². The Labute approximate surface area is 137 Å². The minimum atomic E-state index is -0.424. The molecule has 0 aliphatic rings. The maximum absolute atomic E-state index is 12.7. The third-order valence-electron chi connectivity index (χ3n) is 3.82. The van der Waals surface area contributed by atoms with Crippen molar-refractivity contribution in [3.63, 3.8) is 0 Å². The molecular formula is C18H37N2O2+. The van der Waals surface area contributed by atoms with Crippen LogP contribution < -0.4 is 5.32 Å². The molecule has 0 saturated heterocycles. The highest BCUT2D eigenvalue weighted by molar-refractivity contribution is 5.84. The molecule has 22 heavy (non-hydrogen) atoms. The molecule has 4 heteroatoms. The summed E-state index contributed by atoms with van der Waals surface area (Å²) in [4.78, 5) is 24.7. The molecule has 130 valence electrons. The number of nitrogens with one attached hydrogen (secondary N) is 1. The molecule has 0 aliphatic carbocycles. The van der Waals surface area contributed by atoms with Crippen LogP contribution in [-0.2, 0) is 4.79 Å². The van der Waals surface area contributed by atoms with Gasteiger partial charge in [0.2, 0.25) is 0 Å². The van der Waals surface area contributed by atoms with Crippen molar-refractivity contribution in [2.24, 2.45) is 10.8 Å². The molecule has 0 saturated carbocycles. The minimum absolute atomic E-state index is 0.000303. The van der Waals surface area contributed by atoms with Gasteiger partial charge in [-0.05, 0) is 20.3 Å². The Kier molecular flexibility index (Phi) is 6.42. The minimum Gasteiger partial charge on any atom is -0.301 e. The maximum Gasteiger partial charge on any atom is 0.416 e. The quantitative estimate of drug-likeness (QED) is 0.754. The molecule has 0 aliphatic heterocycles.